The number of ether oxygens (including phenoxy) is 1. The van der Waals surface area contributed by atoms with E-state index in [-0.39, 0.29) is 12.0 Å². The van der Waals surface area contributed by atoms with Crippen LogP contribution >= 0.6 is 0 Å². The average molecular weight is 261 g/mol. The van der Waals surface area contributed by atoms with Gasteiger partial charge in [0.1, 0.15) is 0 Å². The summed E-state index contributed by atoms with van der Waals surface area (Å²) in [6.45, 7) is 0. The molecule has 0 atom stereocenters. The Morgan fingerprint density at radius 2 is 2.26 bits per heavy atom. The number of rotatable bonds is 4. The molecule has 0 unspecified atom stereocenters. The van der Waals surface area contributed by atoms with Crippen molar-refractivity contribution in [3.63, 3.8) is 0 Å². The fourth-order valence-electron chi connectivity index (χ4n) is 2.11. The molecular weight excluding hydrogens is 246 g/mol. The molecule has 100 valence electrons. The third-order valence-corrected chi connectivity index (χ3v) is 3.32. The topological polar surface area (TPSA) is 81.3 Å². The van der Waals surface area contributed by atoms with Gasteiger partial charge in [0.05, 0.1) is 13.2 Å². The number of aliphatic hydroxyl groups excluding tert-OH is 1. The van der Waals surface area contributed by atoms with E-state index >= 15 is 0 Å². The van der Waals surface area contributed by atoms with E-state index in [0.29, 0.717) is 36.9 Å². The smallest absolute Gasteiger partial charge is 0.229 e. The van der Waals surface area contributed by atoms with Gasteiger partial charge in [0.15, 0.2) is 5.82 Å². The first-order chi connectivity index (χ1) is 9.24. The molecule has 1 aliphatic rings. The minimum absolute atomic E-state index is 0.213. The zero-order chi connectivity index (χ0) is 13.2. The van der Waals surface area contributed by atoms with E-state index in [4.69, 9.17) is 9.26 Å². The number of methoxy groups -OCH3 is 1. The van der Waals surface area contributed by atoms with Crippen molar-refractivity contribution in [3.05, 3.63) is 35.6 Å². The van der Waals surface area contributed by atoms with Crippen molar-refractivity contribution in [2.75, 3.05) is 7.11 Å². The lowest BCUT2D eigenvalue weighted by molar-refractivity contribution is 0.0625. The average Bonchev–Trinajstić information content (AvgIpc) is 2.84. The molecule has 0 bridgehead atoms. The van der Waals surface area contributed by atoms with Crippen LogP contribution in [0, 0.1) is 0 Å². The summed E-state index contributed by atoms with van der Waals surface area (Å²) >= 11 is 0. The van der Waals surface area contributed by atoms with Crippen molar-refractivity contribution < 1.29 is 14.4 Å². The van der Waals surface area contributed by atoms with Crippen LogP contribution in [0.1, 0.15) is 36.0 Å². The summed E-state index contributed by atoms with van der Waals surface area (Å²) in [5.74, 6) is 2.07. The van der Waals surface area contributed by atoms with Crippen molar-refractivity contribution in [3.8, 4) is 5.88 Å². The van der Waals surface area contributed by atoms with E-state index in [9.17, 15) is 5.11 Å². The molecule has 2 aromatic rings. The second kappa shape index (κ2) is 4.97. The standard InChI is InChI=1S/C13H15N3O3/c1-18-12-3-2-8(7-14-12)4-11-15-13(19-16-11)9-5-10(17)6-9/h2-3,7,9-10,17H,4-6H2,1H3. The highest BCUT2D eigenvalue weighted by Gasteiger charge is 2.32. The van der Waals surface area contributed by atoms with E-state index in [1.807, 2.05) is 6.07 Å². The zero-order valence-electron chi connectivity index (χ0n) is 10.6. The van der Waals surface area contributed by atoms with Crippen LogP contribution in [0.25, 0.3) is 0 Å². The Labute approximate surface area is 110 Å². The number of hydrogen-bond acceptors (Lipinski definition) is 6. The van der Waals surface area contributed by atoms with Crippen molar-refractivity contribution in [1.29, 1.82) is 0 Å². The van der Waals surface area contributed by atoms with Crippen molar-refractivity contribution in [2.24, 2.45) is 0 Å². The molecule has 0 spiro atoms. The minimum Gasteiger partial charge on any atom is -0.481 e. The summed E-state index contributed by atoms with van der Waals surface area (Å²) in [5.41, 5.74) is 1.00. The zero-order valence-corrected chi connectivity index (χ0v) is 10.6. The monoisotopic (exact) mass is 261 g/mol. The lowest BCUT2D eigenvalue weighted by atomic mass is 9.82. The second-order valence-electron chi connectivity index (χ2n) is 4.76. The molecule has 2 aromatic heterocycles. The first-order valence-corrected chi connectivity index (χ1v) is 6.24. The molecule has 3 rings (SSSR count). The van der Waals surface area contributed by atoms with Gasteiger partial charge in [0, 0.05) is 24.6 Å². The first-order valence-electron chi connectivity index (χ1n) is 6.24. The summed E-state index contributed by atoms with van der Waals surface area (Å²) in [6, 6.07) is 3.73. The number of nitrogens with zero attached hydrogens (tertiary/aromatic N) is 3. The lowest BCUT2D eigenvalue weighted by Gasteiger charge is -2.27. The number of hydrogen-bond donors (Lipinski definition) is 1. The van der Waals surface area contributed by atoms with Crippen LogP contribution in [-0.2, 0) is 6.42 Å². The summed E-state index contributed by atoms with van der Waals surface area (Å²) in [4.78, 5) is 8.49. The molecule has 0 radical (unpaired) electrons. The van der Waals surface area contributed by atoms with Crippen LogP contribution in [0.15, 0.2) is 22.9 Å². The first kappa shape index (κ1) is 12.1. The van der Waals surface area contributed by atoms with Crippen LogP contribution in [0.5, 0.6) is 5.88 Å². The maximum atomic E-state index is 9.26. The lowest BCUT2D eigenvalue weighted by Crippen LogP contribution is -2.26. The molecule has 0 aliphatic heterocycles. The molecule has 0 amide bonds. The van der Waals surface area contributed by atoms with Crippen LogP contribution in [0.2, 0.25) is 0 Å². The summed E-state index contributed by atoms with van der Waals surface area (Å²) in [5, 5.41) is 13.2. The Bertz CT molecular complexity index is 547. The van der Waals surface area contributed by atoms with Crippen molar-refractivity contribution in [1.82, 2.24) is 15.1 Å². The number of aromatic nitrogens is 3. The molecule has 1 saturated carbocycles. The van der Waals surface area contributed by atoms with E-state index in [2.05, 4.69) is 15.1 Å². The van der Waals surface area contributed by atoms with Gasteiger partial charge in [-0.05, 0) is 18.4 Å². The SMILES string of the molecule is COc1ccc(Cc2noc(C3CC(O)C3)n2)cn1. The normalized spacial score (nSPS) is 22.0. The van der Waals surface area contributed by atoms with E-state index in [1.165, 1.54) is 0 Å². The van der Waals surface area contributed by atoms with Crippen molar-refractivity contribution >= 4 is 0 Å². The fourth-order valence-corrected chi connectivity index (χ4v) is 2.11. The fraction of sp³-hybridized carbons (Fsp3) is 0.462. The van der Waals surface area contributed by atoms with E-state index in [1.54, 1.807) is 19.4 Å². The van der Waals surface area contributed by atoms with Gasteiger partial charge in [-0.15, -0.1) is 0 Å². The number of aliphatic hydroxyl groups is 1. The molecule has 0 aromatic carbocycles. The van der Waals surface area contributed by atoms with Gasteiger partial charge < -0.3 is 14.4 Å². The number of pyridine rings is 1. The highest BCUT2D eigenvalue weighted by molar-refractivity contribution is 5.20. The van der Waals surface area contributed by atoms with Gasteiger partial charge in [0.2, 0.25) is 11.8 Å². The Kier molecular flexibility index (Phi) is 3.16. The van der Waals surface area contributed by atoms with E-state index < -0.39 is 0 Å². The van der Waals surface area contributed by atoms with Gasteiger partial charge in [-0.25, -0.2) is 4.98 Å². The second-order valence-corrected chi connectivity index (χ2v) is 4.76. The Hall–Kier alpha value is -1.95. The van der Waals surface area contributed by atoms with E-state index in [0.717, 1.165) is 5.56 Å². The highest BCUT2D eigenvalue weighted by atomic mass is 16.5. The maximum Gasteiger partial charge on any atom is 0.229 e. The third-order valence-electron chi connectivity index (χ3n) is 3.32. The third kappa shape index (κ3) is 2.58. The molecule has 19 heavy (non-hydrogen) atoms. The van der Waals surface area contributed by atoms with Crippen LogP contribution in [-0.4, -0.2) is 33.4 Å². The Morgan fingerprint density at radius 3 is 2.89 bits per heavy atom. The molecule has 1 fully saturated rings. The maximum absolute atomic E-state index is 9.26. The predicted octanol–water partition coefficient (Wildman–Crippen LogP) is 1.30. The molecule has 1 aliphatic carbocycles. The van der Waals surface area contributed by atoms with Gasteiger partial charge in [0.25, 0.3) is 0 Å². The van der Waals surface area contributed by atoms with Crippen LogP contribution < -0.4 is 4.74 Å². The minimum atomic E-state index is -0.217. The largest absolute Gasteiger partial charge is 0.481 e. The van der Waals surface area contributed by atoms with Crippen LogP contribution in [0.3, 0.4) is 0 Å². The van der Waals surface area contributed by atoms with Crippen molar-refractivity contribution in [2.45, 2.75) is 31.3 Å². The molecule has 1 N–H and O–H groups in total. The van der Waals surface area contributed by atoms with Gasteiger partial charge in [-0.2, -0.15) is 4.98 Å². The molecule has 6 heteroatoms. The summed E-state index contributed by atoms with van der Waals surface area (Å²) < 4.78 is 10.2. The molecule has 0 saturated heterocycles. The molecule has 6 nitrogen and oxygen atoms in total. The van der Waals surface area contributed by atoms with Gasteiger partial charge in [-0.1, -0.05) is 11.2 Å². The molecular formula is C13H15N3O3. The summed E-state index contributed by atoms with van der Waals surface area (Å²) in [6.07, 6.45) is 3.53. The Balaban J connectivity index is 1.66. The predicted molar refractivity (Wildman–Crippen MR) is 65.9 cm³/mol. The Morgan fingerprint density at radius 1 is 1.42 bits per heavy atom. The molecule has 2 heterocycles. The quantitative estimate of drug-likeness (QED) is 0.893. The van der Waals surface area contributed by atoms with Gasteiger partial charge >= 0.3 is 0 Å². The van der Waals surface area contributed by atoms with Gasteiger partial charge in [-0.3, -0.25) is 0 Å². The highest BCUT2D eigenvalue weighted by Crippen LogP contribution is 2.35. The summed E-state index contributed by atoms with van der Waals surface area (Å²) in [7, 11) is 1.58. The van der Waals surface area contributed by atoms with Crippen LogP contribution in [0.4, 0.5) is 0 Å².